The van der Waals surface area contributed by atoms with Crippen molar-refractivity contribution in [3.8, 4) is 0 Å². The molecule has 1 unspecified atom stereocenters. The minimum absolute atomic E-state index is 0.139. The number of hydrogen-bond donors (Lipinski definition) is 0. The maximum atomic E-state index is 12.0. The summed E-state index contributed by atoms with van der Waals surface area (Å²) in [5.41, 5.74) is 0. The summed E-state index contributed by atoms with van der Waals surface area (Å²) < 4.78 is 23.9. The van der Waals surface area contributed by atoms with Crippen LogP contribution in [0.2, 0.25) is 0 Å². The van der Waals surface area contributed by atoms with Gasteiger partial charge >= 0.3 is 0 Å². The zero-order valence-corrected chi connectivity index (χ0v) is 9.58. The van der Waals surface area contributed by atoms with Gasteiger partial charge in [-0.3, -0.25) is 0 Å². The third-order valence-electron chi connectivity index (χ3n) is 2.50. The summed E-state index contributed by atoms with van der Waals surface area (Å²) in [6, 6.07) is 8.61. The van der Waals surface area contributed by atoms with Crippen molar-refractivity contribution in [2.24, 2.45) is 5.92 Å². The van der Waals surface area contributed by atoms with Crippen LogP contribution in [0.1, 0.15) is 20.8 Å². The Morgan fingerprint density at radius 1 is 1.00 bits per heavy atom. The van der Waals surface area contributed by atoms with E-state index in [0.717, 1.165) is 0 Å². The summed E-state index contributed by atoms with van der Waals surface area (Å²) in [4.78, 5) is 0.418. The minimum atomic E-state index is -3.14. The highest BCUT2D eigenvalue weighted by atomic mass is 32.2. The molecule has 14 heavy (non-hydrogen) atoms. The fraction of sp³-hybridized carbons (Fsp3) is 0.455. The molecule has 0 aliphatic heterocycles. The predicted molar refractivity (Wildman–Crippen MR) is 57.9 cm³/mol. The summed E-state index contributed by atoms with van der Waals surface area (Å²) in [5.74, 6) is 0.139. The van der Waals surface area contributed by atoms with Crippen LogP contribution in [0, 0.1) is 5.92 Å². The largest absolute Gasteiger partial charge is 0.223 e. The van der Waals surface area contributed by atoms with E-state index in [1.807, 2.05) is 19.9 Å². The van der Waals surface area contributed by atoms with Gasteiger partial charge in [-0.1, -0.05) is 32.0 Å². The fourth-order valence-electron chi connectivity index (χ4n) is 1.18. The standard InChI is InChI=1S/C11H16O2S/c1-9(2)10(3)14(12,13)11-7-5-4-6-8-11/h4-10H,1-3H3. The second kappa shape index (κ2) is 4.13. The van der Waals surface area contributed by atoms with Crippen LogP contribution in [-0.4, -0.2) is 13.7 Å². The molecule has 0 fully saturated rings. The van der Waals surface area contributed by atoms with Crippen molar-refractivity contribution in [2.75, 3.05) is 0 Å². The SMILES string of the molecule is CC(C)C(C)S(=O)(=O)c1ccccc1. The molecule has 1 rings (SSSR count). The Kier molecular flexibility index (Phi) is 3.32. The number of sulfone groups is 1. The van der Waals surface area contributed by atoms with Crippen LogP contribution >= 0.6 is 0 Å². The number of rotatable bonds is 3. The molecule has 78 valence electrons. The van der Waals surface area contributed by atoms with Crippen LogP contribution < -0.4 is 0 Å². The number of hydrogen-bond acceptors (Lipinski definition) is 2. The predicted octanol–water partition coefficient (Wildman–Crippen LogP) is 2.50. The van der Waals surface area contributed by atoms with Gasteiger partial charge in [0.05, 0.1) is 10.1 Å². The van der Waals surface area contributed by atoms with Crippen molar-refractivity contribution >= 4 is 9.84 Å². The Morgan fingerprint density at radius 3 is 1.93 bits per heavy atom. The van der Waals surface area contributed by atoms with Crippen LogP contribution in [0.25, 0.3) is 0 Å². The van der Waals surface area contributed by atoms with Gasteiger partial charge in [0, 0.05) is 0 Å². The second-order valence-electron chi connectivity index (χ2n) is 3.81. The van der Waals surface area contributed by atoms with Gasteiger partial charge in [-0.2, -0.15) is 0 Å². The lowest BCUT2D eigenvalue weighted by Gasteiger charge is -2.16. The van der Waals surface area contributed by atoms with E-state index < -0.39 is 9.84 Å². The molecule has 0 aliphatic rings. The van der Waals surface area contributed by atoms with E-state index in [2.05, 4.69) is 0 Å². The average Bonchev–Trinajstić information content (AvgIpc) is 2.18. The first kappa shape index (κ1) is 11.2. The zero-order valence-electron chi connectivity index (χ0n) is 8.77. The molecule has 0 saturated heterocycles. The molecule has 0 radical (unpaired) electrons. The minimum Gasteiger partial charge on any atom is -0.223 e. The summed E-state index contributed by atoms with van der Waals surface area (Å²) in [6.45, 7) is 5.60. The molecule has 1 atom stereocenters. The van der Waals surface area contributed by atoms with Crippen molar-refractivity contribution in [1.82, 2.24) is 0 Å². The molecule has 0 spiro atoms. The highest BCUT2D eigenvalue weighted by molar-refractivity contribution is 7.92. The highest BCUT2D eigenvalue weighted by Gasteiger charge is 2.25. The van der Waals surface area contributed by atoms with Crippen molar-refractivity contribution in [3.05, 3.63) is 30.3 Å². The molecular formula is C11H16O2S. The summed E-state index contributed by atoms with van der Waals surface area (Å²) >= 11 is 0. The molecule has 0 bridgehead atoms. The Labute approximate surface area is 85.9 Å². The van der Waals surface area contributed by atoms with Crippen LogP contribution in [0.4, 0.5) is 0 Å². The molecule has 2 nitrogen and oxygen atoms in total. The first-order chi connectivity index (χ1) is 6.46. The van der Waals surface area contributed by atoms with Crippen molar-refractivity contribution in [3.63, 3.8) is 0 Å². The molecule has 0 amide bonds. The van der Waals surface area contributed by atoms with Crippen LogP contribution in [-0.2, 0) is 9.84 Å². The van der Waals surface area contributed by atoms with E-state index in [4.69, 9.17) is 0 Å². The van der Waals surface area contributed by atoms with Crippen molar-refractivity contribution in [2.45, 2.75) is 30.9 Å². The highest BCUT2D eigenvalue weighted by Crippen LogP contribution is 2.20. The van der Waals surface area contributed by atoms with Crippen molar-refractivity contribution < 1.29 is 8.42 Å². The van der Waals surface area contributed by atoms with Crippen LogP contribution in [0.15, 0.2) is 35.2 Å². The molecule has 0 aliphatic carbocycles. The Balaban J connectivity index is 3.10. The Bertz CT molecular complexity index is 379. The topological polar surface area (TPSA) is 34.1 Å². The van der Waals surface area contributed by atoms with Crippen LogP contribution in [0.3, 0.4) is 0 Å². The van der Waals surface area contributed by atoms with Gasteiger partial charge in [0.2, 0.25) is 0 Å². The quantitative estimate of drug-likeness (QED) is 0.771. The normalized spacial score (nSPS) is 14.3. The van der Waals surface area contributed by atoms with Gasteiger partial charge in [-0.25, -0.2) is 8.42 Å². The van der Waals surface area contributed by atoms with Gasteiger partial charge in [-0.05, 0) is 25.0 Å². The van der Waals surface area contributed by atoms with Gasteiger partial charge in [0.15, 0.2) is 9.84 Å². The lowest BCUT2D eigenvalue weighted by atomic mass is 10.2. The van der Waals surface area contributed by atoms with Crippen molar-refractivity contribution in [1.29, 1.82) is 0 Å². The first-order valence-corrected chi connectivity index (χ1v) is 6.30. The van der Waals surface area contributed by atoms with Gasteiger partial charge < -0.3 is 0 Å². The van der Waals surface area contributed by atoms with Crippen LogP contribution in [0.5, 0.6) is 0 Å². The van der Waals surface area contributed by atoms with E-state index in [9.17, 15) is 8.42 Å². The molecule has 0 aromatic heterocycles. The van der Waals surface area contributed by atoms with E-state index in [1.165, 1.54) is 0 Å². The zero-order chi connectivity index (χ0) is 10.8. The summed E-state index contributed by atoms with van der Waals surface area (Å²) in [6.07, 6.45) is 0. The molecule has 0 heterocycles. The fourth-order valence-corrected chi connectivity index (χ4v) is 2.87. The van der Waals surface area contributed by atoms with Gasteiger partial charge in [0.25, 0.3) is 0 Å². The summed E-state index contributed by atoms with van der Waals surface area (Å²) in [5, 5.41) is -0.329. The Hall–Kier alpha value is -0.830. The third-order valence-corrected chi connectivity index (χ3v) is 4.95. The molecule has 1 aromatic carbocycles. The second-order valence-corrected chi connectivity index (χ2v) is 6.11. The van der Waals surface area contributed by atoms with E-state index in [-0.39, 0.29) is 11.2 Å². The Morgan fingerprint density at radius 2 is 1.50 bits per heavy atom. The first-order valence-electron chi connectivity index (χ1n) is 4.75. The third kappa shape index (κ3) is 2.15. The monoisotopic (exact) mass is 212 g/mol. The average molecular weight is 212 g/mol. The number of benzene rings is 1. The van der Waals surface area contributed by atoms with E-state index >= 15 is 0 Å². The van der Waals surface area contributed by atoms with Gasteiger partial charge in [0.1, 0.15) is 0 Å². The molecular weight excluding hydrogens is 196 g/mol. The van der Waals surface area contributed by atoms with E-state index in [1.54, 1.807) is 31.2 Å². The maximum Gasteiger partial charge on any atom is 0.181 e. The lowest BCUT2D eigenvalue weighted by Crippen LogP contribution is -2.23. The lowest BCUT2D eigenvalue weighted by molar-refractivity contribution is 0.546. The molecule has 1 aromatic rings. The van der Waals surface area contributed by atoms with Gasteiger partial charge in [-0.15, -0.1) is 0 Å². The molecule has 0 N–H and O–H groups in total. The maximum absolute atomic E-state index is 12.0. The molecule has 0 saturated carbocycles. The smallest absolute Gasteiger partial charge is 0.181 e. The van der Waals surface area contributed by atoms with E-state index in [0.29, 0.717) is 4.90 Å². The molecule has 3 heteroatoms. The summed E-state index contributed by atoms with van der Waals surface area (Å²) in [7, 11) is -3.14.